The molecule has 4 aromatic rings. The number of nitrogens with one attached hydrogen (secondary N) is 1. The van der Waals surface area contributed by atoms with Crippen molar-refractivity contribution in [1.29, 1.82) is 0 Å². The zero-order valence-electron chi connectivity index (χ0n) is 17.1. The summed E-state index contributed by atoms with van der Waals surface area (Å²) in [4.78, 5) is 23.1. The summed E-state index contributed by atoms with van der Waals surface area (Å²) in [6, 6.07) is 12.6. The lowest BCUT2D eigenvalue weighted by atomic mass is 9.94. The molecule has 1 aliphatic heterocycles. The summed E-state index contributed by atoms with van der Waals surface area (Å²) in [5.41, 5.74) is 4.28. The molecule has 0 bridgehead atoms. The molecule has 0 atom stereocenters. The first-order chi connectivity index (χ1) is 14.7. The van der Waals surface area contributed by atoms with Gasteiger partial charge in [-0.05, 0) is 84.8 Å². The molecule has 1 aromatic carbocycles. The number of rotatable bonds is 4. The maximum atomic E-state index is 12.8. The highest BCUT2D eigenvalue weighted by Gasteiger charge is 2.44. The van der Waals surface area contributed by atoms with E-state index < -0.39 is 0 Å². The number of pyridine rings is 2. The van der Waals surface area contributed by atoms with Gasteiger partial charge in [0.15, 0.2) is 0 Å². The first kappa shape index (κ1) is 17.9. The van der Waals surface area contributed by atoms with Crippen molar-refractivity contribution in [3.8, 4) is 0 Å². The van der Waals surface area contributed by atoms with E-state index in [-0.39, 0.29) is 5.56 Å². The molecule has 2 aliphatic rings. The van der Waals surface area contributed by atoms with Crippen LogP contribution in [0.25, 0.3) is 21.7 Å². The molecule has 1 N–H and O–H groups in total. The van der Waals surface area contributed by atoms with Crippen molar-refractivity contribution in [3.05, 3.63) is 76.6 Å². The lowest BCUT2D eigenvalue weighted by Crippen LogP contribution is -2.33. The monoisotopic (exact) mass is 398 g/mol. The average Bonchev–Trinajstić information content (AvgIpc) is 3.40. The highest BCUT2D eigenvalue weighted by molar-refractivity contribution is 5.81. The van der Waals surface area contributed by atoms with Gasteiger partial charge in [-0.2, -0.15) is 0 Å². The molecule has 2 fully saturated rings. The molecule has 0 amide bonds. The maximum Gasteiger partial charge on any atom is 0.260 e. The molecule has 1 saturated carbocycles. The Morgan fingerprint density at radius 2 is 1.83 bits per heavy atom. The number of nitrogens with zero attached hydrogens (tertiary/aromatic N) is 3. The summed E-state index contributed by atoms with van der Waals surface area (Å²) in [5, 5.41) is 2.83. The summed E-state index contributed by atoms with van der Waals surface area (Å²) in [7, 11) is 0. The molecule has 30 heavy (non-hydrogen) atoms. The molecular formula is C25H26N4O. The van der Waals surface area contributed by atoms with Crippen LogP contribution in [0.2, 0.25) is 0 Å². The Hall–Kier alpha value is -2.92. The first-order valence-electron chi connectivity index (χ1n) is 10.9. The van der Waals surface area contributed by atoms with Crippen LogP contribution >= 0.6 is 0 Å². The van der Waals surface area contributed by atoms with E-state index in [9.17, 15) is 4.79 Å². The zero-order chi connectivity index (χ0) is 20.1. The fraction of sp³-hybridized carbons (Fsp3) is 0.360. The molecule has 0 unspecified atom stereocenters. The standard InChI is InChI=1S/C25H26N4O/c30-24-22-15-26-9-3-19(22)4-10-29(24)16-18-1-2-20-14-21(27-23(20)13-18)17-28-11-7-25(5-6-25)8-12-28/h1-4,9-10,13-15,27H,5-8,11-12,16-17H2. The molecule has 5 nitrogen and oxygen atoms in total. The second-order valence-corrected chi connectivity index (χ2v) is 9.20. The van der Waals surface area contributed by atoms with Crippen LogP contribution in [-0.2, 0) is 13.1 Å². The number of fused-ring (bicyclic) bond motifs is 2. The van der Waals surface area contributed by atoms with Gasteiger partial charge in [-0.15, -0.1) is 0 Å². The van der Waals surface area contributed by atoms with Gasteiger partial charge in [0.25, 0.3) is 5.56 Å². The van der Waals surface area contributed by atoms with Crippen molar-refractivity contribution < 1.29 is 0 Å². The Balaban J connectivity index is 1.22. The summed E-state index contributed by atoms with van der Waals surface area (Å²) in [5.74, 6) is 0. The summed E-state index contributed by atoms with van der Waals surface area (Å²) in [6.07, 6.45) is 10.9. The molecule has 6 rings (SSSR count). The van der Waals surface area contributed by atoms with Crippen LogP contribution in [0.1, 0.15) is 36.9 Å². The van der Waals surface area contributed by atoms with Crippen LogP contribution in [-0.4, -0.2) is 32.5 Å². The number of likely N-dealkylation sites (tertiary alicyclic amines) is 1. The molecule has 1 saturated heterocycles. The van der Waals surface area contributed by atoms with E-state index in [1.807, 2.05) is 18.3 Å². The van der Waals surface area contributed by atoms with E-state index in [2.05, 4.69) is 39.1 Å². The number of piperidine rings is 1. The van der Waals surface area contributed by atoms with Crippen LogP contribution in [0.3, 0.4) is 0 Å². The van der Waals surface area contributed by atoms with Crippen LogP contribution in [0.4, 0.5) is 0 Å². The number of aromatic nitrogens is 3. The van der Waals surface area contributed by atoms with Gasteiger partial charge in [0, 0.05) is 36.3 Å². The van der Waals surface area contributed by atoms with Crippen LogP contribution in [0, 0.1) is 5.41 Å². The summed E-state index contributed by atoms with van der Waals surface area (Å²) >= 11 is 0. The van der Waals surface area contributed by atoms with Gasteiger partial charge < -0.3 is 9.55 Å². The maximum absolute atomic E-state index is 12.8. The first-order valence-corrected chi connectivity index (χ1v) is 10.9. The van der Waals surface area contributed by atoms with E-state index in [1.54, 1.807) is 17.0 Å². The summed E-state index contributed by atoms with van der Waals surface area (Å²) in [6.45, 7) is 4.00. The third-order valence-corrected chi connectivity index (χ3v) is 7.14. The minimum Gasteiger partial charge on any atom is -0.357 e. The fourth-order valence-corrected chi connectivity index (χ4v) is 4.96. The minimum absolute atomic E-state index is 0.00593. The molecule has 0 radical (unpaired) electrons. The molecular weight excluding hydrogens is 372 g/mol. The van der Waals surface area contributed by atoms with Crippen molar-refractivity contribution >= 4 is 21.7 Å². The highest BCUT2D eigenvalue weighted by atomic mass is 16.1. The van der Waals surface area contributed by atoms with Gasteiger partial charge in [0.1, 0.15) is 0 Å². The van der Waals surface area contributed by atoms with E-state index in [0.29, 0.717) is 11.9 Å². The summed E-state index contributed by atoms with van der Waals surface area (Å²) < 4.78 is 1.76. The largest absolute Gasteiger partial charge is 0.357 e. The zero-order valence-corrected chi connectivity index (χ0v) is 17.1. The van der Waals surface area contributed by atoms with Gasteiger partial charge in [0.2, 0.25) is 0 Å². The van der Waals surface area contributed by atoms with E-state index in [0.717, 1.165) is 28.4 Å². The predicted molar refractivity (Wildman–Crippen MR) is 120 cm³/mol. The SMILES string of the molecule is O=c1c2cnccc2ccn1Cc1ccc2cc(CN3CCC4(CC3)CC4)[nH]c2c1. The van der Waals surface area contributed by atoms with Crippen LogP contribution < -0.4 is 5.56 Å². The average molecular weight is 399 g/mol. The van der Waals surface area contributed by atoms with Crippen LogP contribution in [0.15, 0.2) is 59.8 Å². The second kappa shape index (κ2) is 6.81. The van der Waals surface area contributed by atoms with E-state index >= 15 is 0 Å². The molecule has 4 heterocycles. The third kappa shape index (κ3) is 3.23. The number of hydrogen-bond donors (Lipinski definition) is 1. The number of H-pyrrole nitrogens is 1. The topological polar surface area (TPSA) is 53.9 Å². The Bertz CT molecular complexity index is 1290. The molecule has 1 spiro atoms. The molecule has 1 aliphatic carbocycles. The third-order valence-electron chi connectivity index (χ3n) is 7.14. The Labute approximate surface area is 175 Å². The molecule has 3 aromatic heterocycles. The van der Waals surface area contributed by atoms with Crippen molar-refractivity contribution in [3.63, 3.8) is 0 Å². The Morgan fingerprint density at radius 3 is 2.67 bits per heavy atom. The quantitative estimate of drug-likeness (QED) is 0.558. The predicted octanol–water partition coefficient (Wildman–Crippen LogP) is 4.30. The van der Waals surface area contributed by atoms with Crippen molar-refractivity contribution in [1.82, 2.24) is 19.4 Å². The molecule has 152 valence electrons. The number of hydrogen-bond acceptors (Lipinski definition) is 3. The second-order valence-electron chi connectivity index (χ2n) is 9.20. The normalized spacial score (nSPS) is 18.4. The van der Waals surface area contributed by atoms with E-state index in [1.165, 1.54) is 49.9 Å². The lowest BCUT2D eigenvalue weighted by molar-refractivity contribution is 0.165. The van der Waals surface area contributed by atoms with Crippen LogP contribution in [0.5, 0.6) is 0 Å². The van der Waals surface area contributed by atoms with Gasteiger partial charge in [0.05, 0.1) is 11.9 Å². The van der Waals surface area contributed by atoms with Gasteiger partial charge in [-0.1, -0.05) is 12.1 Å². The number of aromatic amines is 1. The number of benzene rings is 1. The van der Waals surface area contributed by atoms with Gasteiger partial charge in [-0.25, -0.2) is 0 Å². The van der Waals surface area contributed by atoms with Crippen molar-refractivity contribution in [2.75, 3.05) is 13.1 Å². The fourth-order valence-electron chi connectivity index (χ4n) is 4.96. The Morgan fingerprint density at radius 1 is 0.967 bits per heavy atom. The Kier molecular flexibility index (Phi) is 4.06. The van der Waals surface area contributed by atoms with Gasteiger partial charge >= 0.3 is 0 Å². The van der Waals surface area contributed by atoms with Crippen molar-refractivity contribution in [2.45, 2.75) is 38.8 Å². The smallest absolute Gasteiger partial charge is 0.260 e. The highest BCUT2D eigenvalue weighted by Crippen LogP contribution is 2.53. The van der Waals surface area contributed by atoms with E-state index in [4.69, 9.17) is 0 Å². The molecule has 5 heteroatoms. The van der Waals surface area contributed by atoms with Gasteiger partial charge in [-0.3, -0.25) is 14.7 Å². The minimum atomic E-state index is 0.00593. The van der Waals surface area contributed by atoms with Crippen molar-refractivity contribution in [2.24, 2.45) is 5.41 Å². The lowest BCUT2D eigenvalue weighted by Gasteiger charge is -2.31.